The van der Waals surface area contributed by atoms with Gasteiger partial charge in [0.05, 0.1) is 12.7 Å². The van der Waals surface area contributed by atoms with Crippen molar-refractivity contribution in [1.29, 1.82) is 0 Å². The van der Waals surface area contributed by atoms with Gasteiger partial charge in [0, 0.05) is 0 Å². The van der Waals surface area contributed by atoms with E-state index in [4.69, 9.17) is 4.74 Å². The zero-order valence-corrected chi connectivity index (χ0v) is 10.2. The largest absolute Gasteiger partial charge is 0.493 e. The average Bonchev–Trinajstić information content (AvgIpc) is 2.33. The van der Waals surface area contributed by atoms with E-state index >= 15 is 0 Å². The summed E-state index contributed by atoms with van der Waals surface area (Å²) < 4.78 is 5.59. The van der Waals surface area contributed by atoms with Gasteiger partial charge in [0.25, 0.3) is 0 Å². The summed E-state index contributed by atoms with van der Waals surface area (Å²) in [6.45, 7) is 0.830. The van der Waals surface area contributed by atoms with Crippen LogP contribution < -0.4 is 4.74 Å². The molecular formula is C15H20O2. The number of aryl methyl sites for hydroxylation is 1. The molecular weight excluding hydrogens is 212 g/mol. The molecule has 0 radical (unpaired) electrons. The van der Waals surface area contributed by atoms with Crippen molar-refractivity contribution in [1.82, 2.24) is 0 Å². The number of ether oxygens (including phenoxy) is 1. The predicted octanol–water partition coefficient (Wildman–Crippen LogP) is 3.24. The molecule has 2 heteroatoms. The molecule has 1 heterocycles. The average molecular weight is 232 g/mol. The van der Waals surface area contributed by atoms with Gasteiger partial charge >= 0.3 is 0 Å². The fourth-order valence-corrected chi connectivity index (χ4v) is 2.77. The monoisotopic (exact) mass is 232 g/mol. The molecule has 0 amide bonds. The van der Waals surface area contributed by atoms with Crippen molar-refractivity contribution in [3.8, 4) is 5.75 Å². The third-order valence-electron chi connectivity index (χ3n) is 4.10. The van der Waals surface area contributed by atoms with Gasteiger partial charge in [-0.3, -0.25) is 0 Å². The molecule has 1 aromatic carbocycles. The van der Waals surface area contributed by atoms with Crippen molar-refractivity contribution in [2.45, 2.75) is 44.6 Å². The van der Waals surface area contributed by atoms with Gasteiger partial charge in [-0.25, -0.2) is 0 Å². The van der Waals surface area contributed by atoms with E-state index in [1.807, 2.05) is 12.1 Å². The van der Waals surface area contributed by atoms with Gasteiger partial charge in [0.15, 0.2) is 0 Å². The first-order valence-corrected chi connectivity index (χ1v) is 6.76. The molecule has 0 aromatic heterocycles. The molecule has 0 spiro atoms. The van der Waals surface area contributed by atoms with Crippen LogP contribution in [0, 0.1) is 5.92 Å². The van der Waals surface area contributed by atoms with Gasteiger partial charge in [0.1, 0.15) is 5.75 Å². The first-order valence-electron chi connectivity index (χ1n) is 6.76. The summed E-state index contributed by atoms with van der Waals surface area (Å²) in [5, 5.41) is 10.2. The van der Waals surface area contributed by atoms with E-state index in [0.29, 0.717) is 0 Å². The molecule has 1 atom stereocenters. The highest BCUT2D eigenvalue weighted by molar-refractivity contribution is 5.39. The topological polar surface area (TPSA) is 29.5 Å². The van der Waals surface area contributed by atoms with Crippen LogP contribution in [0.2, 0.25) is 0 Å². The summed E-state index contributed by atoms with van der Waals surface area (Å²) in [6, 6.07) is 6.18. The Labute approximate surface area is 103 Å². The summed E-state index contributed by atoms with van der Waals surface area (Å²) in [7, 11) is 0. The van der Waals surface area contributed by atoms with E-state index in [0.717, 1.165) is 43.1 Å². The Morgan fingerprint density at radius 3 is 2.94 bits per heavy atom. The summed E-state index contributed by atoms with van der Waals surface area (Å²) >= 11 is 0. The molecule has 1 aromatic rings. The minimum absolute atomic E-state index is 0.285. The van der Waals surface area contributed by atoms with Crippen molar-refractivity contribution < 1.29 is 9.84 Å². The lowest BCUT2D eigenvalue weighted by Crippen LogP contribution is -2.15. The Kier molecular flexibility index (Phi) is 3.06. The predicted molar refractivity (Wildman–Crippen MR) is 67.2 cm³/mol. The van der Waals surface area contributed by atoms with Crippen LogP contribution in [-0.4, -0.2) is 11.7 Å². The number of hydrogen-bond acceptors (Lipinski definition) is 2. The van der Waals surface area contributed by atoms with E-state index < -0.39 is 0 Å². The second-order valence-corrected chi connectivity index (χ2v) is 5.37. The van der Waals surface area contributed by atoms with Crippen LogP contribution >= 0.6 is 0 Å². The second kappa shape index (κ2) is 4.69. The fraction of sp³-hybridized carbons (Fsp3) is 0.600. The van der Waals surface area contributed by atoms with Crippen LogP contribution in [0.15, 0.2) is 18.2 Å². The molecule has 1 N–H and O–H groups in total. The fourth-order valence-electron chi connectivity index (χ4n) is 2.77. The van der Waals surface area contributed by atoms with Gasteiger partial charge < -0.3 is 9.84 Å². The molecule has 0 saturated heterocycles. The molecule has 2 aliphatic rings. The Morgan fingerprint density at radius 1 is 1.29 bits per heavy atom. The van der Waals surface area contributed by atoms with Crippen LogP contribution in [0.3, 0.4) is 0 Å². The van der Waals surface area contributed by atoms with Crippen LogP contribution in [0.25, 0.3) is 0 Å². The van der Waals surface area contributed by atoms with Crippen LogP contribution in [0.4, 0.5) is 0 Å². The standard InChI is InChI=1S/C15H20O2/c16-14(9-11-3-1-4-11)12-6-7-15-13(10-12)5-2-8-17-15/h6-7,10-11,14,16H,1-5,8-9H2. The van der Waals surface area contributed by atoms with Crippen LogP contribution in [-0.2, 0) is 6.42 Å². The molecule has 1 fully saturated rings. The normalized spacial score (nSPS) is 21.2. The lowest BCUT2D eigenvalue weighted by atomic mass is 9.80. The summed E-state index contributed by atoms with van der Waals surface area (Å²) in [5.74, 6) is 1.76. The number of aliphatic hydroxyl groups excluding tert-OH is 1. The van der Waals surface area contributed by atoms with Crippen LogP contribution in [0.1, 0.15) is 49.3 Å². The maximum atomic E-state index is 10.2. The highest BCUT2D eigenvalue weighted by Crippen LogP contribution is 2.36. The summed E-state index contributed by atoms with van der Waals surface area (Å²) in [5.41, 5.74) is 2.34. The number of hydrogen-bond donors (Lipinski definition) is 1. The van der Waals surface area contributed by atoms with Crippen molar-refractivity contribution in [2.24, 2.45) is 5.92 Å². The molecule has 1 aliphatic heterocycles. The molecule has 1 saturated carbocycles. The van der Waals surface area contributed by atoms with E-state index in [1.165, 1.54) is 24.8 Å². The molecule has 92 valence electrons. The molecule has 0 bridgehead atoms. The minimum Gasteiger partial charge on any atom is -0.493 e. The van der Waals surface area contributed by atoms with E-state index in [9.17, 15) is 5.11 Å². The second-order valence-electron chi connectivity index (χ2n) is 5.37. The van der Waals surface area contributed by atoms with Gasteiger partial charge in [0.2, 0.25) is 0 Å². The Morgan fingerprint density at radius 2 is 2.18 bits per heavy atom. The van der Waals surface area contributed by atoms with E-state index in [2.05, 4.69) is 6.07 Å². The number of rotatable bonds is 3. The minimum atomic E-state index is -0.285. The highest BCUT2D eigenvalue weighted by atomic mass is 16.5. The van der Waals surface area contributed by atoms with Crippen molar-refractivity contribution in [3.63, 3.8) is 0 Å². The first kappa shape index (κ1) is 11.1. The van der Waals surface area contributed by atoms with Crippen molar-refractivity contribution in [3.05, 3.63) is 29.3 Å². The van der Waals surface area contributed by atoms with E-state index in [1.54, 1.807) is 0 Å². The maximum absolute atomic E-state index is 10.2. The van der Waals surface area contributed by atoms with Gasteiger partial charge in [-0.15, -0.1) is 0 Å². The van der Waals surface area contributed by atoms with E-state index in [-0.39, 0.29) is 6.10 Å². The zero-order valence-electron chi connectivity index (χ0n) is 10.2. The SMILES string of the molecule is OC(CC1CCC1)c1ccc2c(c1)CCCO2. The summed E-state index contributed by atoms with van der Waals surface area (Å²) in [6.07, 6.45) is 6.76. The molecule has 17 heavy (non-hydrogen) atoms. The number of aliphatic hydroxyl groups is 1. The quantitative estimate of drug-likeness (QED) is 0.867. The zero-order chi connectivity index (χ0) is 11.7. The smallest absolute Gasteiger partial charge is 0.122 e. The molecule has 2 nitrogen and oxygen atoms in total. The van der Waals surface area contributed by atoms with Gasteiger partial charge in [-0.05, 0) is 48.4 Å². The Hall–Kier alpha value is -1.02. The summed E-state index contributed by atoms with van der Waals surface area (Å²) in [4.78, 5) is 0. The number of benzene rings is 1. The van der Waals surface area contributed by atoms with Gasteiger partial charge in [-0.1, -0.05) is 25.3 Å². The lowest BCUT2D eigenvalue weighted by Gasteiger charge is -2.28. The molecule has 1 aliphatic carbocycles. The Bertz CT molecular complexity index is 396. The maximum Gasteiger partial charge on any atom is 0.122 e. The third-order valence-corrected chi connectivity index (χ3v) is 4.10. The number of fused-ring (bicyclic) bond motifs is 1. The van der Waals surface area contributed by atoms with Crippen molar-refractivity contribution in [2.75, 3.05) is 6.61 Å². The molecule has 3 rings (SSSR count). The highest BCUT2D eigenvalue weighted by Gasteiger charge is 2.22. The lowest BCUT2D eigenvalue weighted by molar-refractivity contribution is 0.118. The van der Waals surface area contributed by atoms with Crippen molar-refractivity contribution >= 4 is 0 Å². The Balaban J connectivity index is 1.73. The third kappa shape index (κ3) is 2.32. The van der Waals surface area contributed by atoms with Crippen LogP contribution in [0.5, 0.6) is 5.75 Å². The van der Waals surface area contributed by atoms with Gasteiger partial charge in [-0.2, -0.15) is 0 Å². The first-order chi connectivity index (χ1) is 8.33. The molecule has 1 unspecified atom stereocenters.